The van der Waals surface area contributed by atoms with Gasteiger partial charge in [-0.15, -0.1) is 0 Å². The Labute approximate surface area is 108 Å². The summed E-state index contributed by atoms with van der Waals surface area (Å²) in [4.78, 5) is 13.9. The largest absolute Gasteiger partial charge is 0.504 e. The highest BCUT2D eigenvalue weighted by atomic mass is 16.5. The molecular formula is C14H21NO3. The average molecular weight is 251 g/mol. The standard InChI is InChI=1S/C14H21NO3/c1-9(2)10(3)15(4)14(17)11-6-7-13(18-5)12(16)8-11/h6-10,16H,1-5H3. The molecule has 0 aliphatic carbocycles. The van der Waals surface area contributed by atoms with Gasteiger partial charge >= 0.3 is 0 Å². The van der Waals surface area contributed by atoms with E-state index in [-0.39, 0.29) is 17.7 Å². The van der Waals surface area contributed by atoms with Crippen LogP contribution in [0.5, 0.6) is 11.5 Å². The van der Waals surface area contributed by atoms with Gasteiger partial charge in [0.25, 0.3) is 5.91 Å². The van der Waals surface area contributed by atoms with Crippen LogP contribution in [0.4, 0.5) is 0 Å². The second kappa shape index (κ2) is 5.76. The van der Waals surface area contributed by atoms with Gasteiger partial charge in [-0.1, -0.05) is 13.8 Å². The molecule has 0 aliphatic rings. The summed E-state index contributed by atoms with van der Waals surface area (Å²) < 4.78 is 4.95. The lowest BCUT2D eigenvalue weighted by atomic mass is 10.0. The molecule has 100 valence electrons. The number of rotatable bonds is 4. The molecule has 0 spiro atoms. The molecule has 1 rings (SSSR count). The summed E-state index contributed by atoms with van der Waals surface area (Å²) in [6.07, 6.45) is 0. The third kappa shape index (κ3) is 2.94. The van der Waals surface area contributed by atoms with Crippen molar-refractivity contribution in [1.82, 2.24) is 4.90 Å². The van der Waals surface area contributed by atoms with Gasteiger partial charge in [0.2, 0.25) is 0 Å². The van der Waals surface area contributed by atoms with Crippen molar-refractivity contribution in [2.45, 2.75) is 26.8 Å². The van der Waals surface area contributed by atoms with Crippen molar-refractivity contribution in [1.29, 1.82) is 0 Å². The highest BCUT2D eigenvalue weighted by Crippen LogP contribution is 2.27. The van der Waals surface area contributed by atoms with Gasteiger partial charge in [0, 0.05) is 18.7 Å². The van der Waals surface area contributed by atoms with Crippen LogP contribution in [0, 0.1) is 5.92 Å². The van der Waals surface area contributed by atoms with Crippen molar-refractivity contribution >= 4 is 5.91 Å². The van der Waals surface area contributed by atoms with Gasteiger partial charge in [-0.05, 0) is 31.0 Å². The molecule has 1 amide bonds. The van der Waals surface area contributed by atoms with Crippen molar-refractivity contribution in [3.05, 3.63) is 23.8 Å². The number of phenols is 1. The molecule has 0 aromatic heterocycles. The Hall–Kier alpha value is -1.71. The number of methoxy groups -OCH3 is 1. The summed E-state index contributed by atoms with van der Waals surface area (Å²) in [5, 5.41) is 9.67. The quantitative estimate of drug-likeness (QED) is 0.894. The molecular weight excluding hydrogens is 230 g/mol. The molecule has 0 bridgehead atoms. The molecule has 1 unspecified atom stereocenters. The van der Waals surface area contributed by atoms with E-state index in [0.717, 1.165) is 0 Å². The molecule has 18 heavy (non-hydrogen) atoms. The van der Waals surface area contributed by atoms with Crippen molar-refractivity contribution < 1.29 is 14.6 Å². The Morgan fingerprint density at radius 2 is 1.94 bits per heavy atom. The summed E-state index contributed by atoms with van der Waals surface area (Å²) in [5.74, 6) is 0.625. The number of ether oxygens (including phenoxy) is 1. The first-order valence-corrected chi connectivity index (χ1v) is 6.02. The zero-order valence-corrected chi connectivity index (χ0v) is 11.6. The maximum absolute atomic E-state index is 12.2. The minimum Gasteiger partial charge on any atom is -0.504 e. The van der Waals surface area contributed by atoms with Crippen molar-refractivity contribution in [3.8, 4) is 11.5 Å². The fourth-order valence-electron chi connectivity index (χ4n) is 1.66. The molecule has 1 aromatic carbocycles. The number of hydrogen-bond acceptors (Lipinski definition) is 3. The van der Waals surface area contributed by atoms with Crippen LogP contribution >= 0.6 is 0 Å². The number of amides is 1. The molecule has 1 aromatic rings. The highest BCUT2D eigenvalue weighted by molar-refractivity contribution is 5.94. The fourth-order valence-corrected chi connectivity index (χ4v) is 1.66. The third-order valence-corrected chi connectivity index (χ3v) is 3.32. The number of hydrogen-bond donors (Lipinski definition) is 1. The first kappa shape index (κ1) is 14.4. The van der Waals surface area contributed by atoms with Gasteiger partial charge < -0.3 is 14.7 Å². The monoisotopic (exact) mass is 251 g/mol. The molecule has 0 radical (unpaired) electrons. The van der Waals surface area contributed by atoms with Crippen LogP contribution in [0.1, 0.15) is 31.1 Å². The van der Waals surface area contributed by atoms with E-state index in [1.807, 2.05) is 6.92 Å². The molecule has 0 saturated carbocycles. The Kier molecular flexibility index (Phi) is 4.59. The molecule has 0 fully saturated rings. The van der Waals surface area contributed by atoms with Crippen molar-refractivity contribution in [2.24, 2.45) is 5.92 Å². The van der Waals surface area contributed by atoms with E-state index in [1.54, 1.807) is 24.1 Å². The highest BCUT2D eigenvalue weighted by Gasteiger charge is 2.20. The van der Waals surface area contributed by atoms with Crippen LogP contribution in [0.2, 0.25) is 0 Å². The maximum Gasteiger partial charge on any atom is 0.253 e. The number of carbonyl (C=O) groups excluding carboxylic acids is 1. The second-order valence-corrected chi connectivity index (χ2v) is 4.79. The Morgan fingerprint density at radius 1 is 1.33 bits per heavy atom. The summed E-state index contributed by atoms with van der Waals surface area (Å²) >= 11 is 0. The molecule has 0 heterocycles. The Bertz CT molecular complexity index is 429. The number of benzene rings is 1. The summed E-state index contributed by atoms with van der Waals surface area (Å²) in [6.45, 7) is 6.14. The van der Waals surface area contributed by atoms with E-state index in [1.165, 1.54) is 13.2 Å². The minimum absolute atomic E-state index is 0.0195. The molecule has 0 aliphatic heterocycles. The SMILES string of the molecule is COc1ccc(C(=O)N(C)C(C)C(C)C)cc1O. The predicted octanol–water partition coefficient (Wildman–Crippen LogP) is 2.52. The molecule has 4 heteroatoms. The third-order valence-electron chi connectivity index (χ3n) is 3.32. The molecule has 1 N–H and O–H groups in total. The lowest BCUT2D eigenvalue weighted by molar-refractivity contribution is 0.0706. The van der Waals surface area contributed by atoms with Crippen LogP contribution in [0.25, 0.3) is 0 Å². The first-order valence-electron chi connectivity index (χ1n) is 6.02. The average Bonchev–Trinajstić information content (AvgIpc) is 2.35. The zero-order chi connectivity index (χ0) is 13.9. The van der Waals surface area contributed by atoms with Crippen LogP contribution < -0.4 is 4.74 Å². The van der Waals surface area contributed by atoms with Gasteiger partial charge in [-0.25, -0.2) is 0 Å². The van der Waals surface area contributed by atoms with E-state index in [0.29, 0.717) is 17.2 Å². The topological polar surface area (TPSA) is 49.8 Å². The Morgan fingerprint density at radius 3 is 2.39 bits per heavy atom. The van der Waals surface area contributed by atoms with Crippen LogP contribution in [-0.4, -0.2) is 36.1 Å². The fraction of sp³-hybridized carbons (Fsp3) is 0.500. The van der Waals surface area contributed by atoms with Gasteiger partial charge in [-0.3, -0.25) is 4.79 Å². The lowest BCUT2D eigenvalue weighted by Gasteiger charge is -2.28. The molecule has 1 atom stereocenters. The second-order valence-electron chi connectivity index (χ2n) is 4.79. The van der Waals surface area contributed by atoms with E-state index >= 15 is 0 Å². The Balaban J connectivity index is 2.94. The van der Waals surface area contributed by atoms with E-state index in [9.17, 15) is 9.90 Å². The summed E-state index contributed by atoms with van der Waals surface area (Å²) in [7, 11) is 3.25. The van der Waals surface area contributed by atoms with Crippen LogP contribution in [0.3, 0.4) is 0 Å². The van der Waals surface area contributed by atoms with Gasteiger partial charge in [-0.2, -0.15) is 0 Å². The van der Waals surface area contributed by atoms with Crippen molar-refractivity contribution in [2.75, 3.05) is 14.2 Å². The summed E-state index contributed by atoms with van der Waals surface area (Å²) in [6, 6.07) is 4.83. The van der Waals surface area contributed by atoms with Gasteiger partial charge in [0.1, 0.15) is 0 Å². The van der Waals surface area contributed by atoms with E-state index in [4.69, 9.17) is 4.74 Å². The molecule has 0 saturated heterocycles. The maximum atomic E-state index is 12.2. The van der Waals surface area contributed by atoms with E-state index < -0.39 is 0 Å². The van der Waals surface area contributed by atoms with Gasteiger partial charge in [0.15, 0.2) is 11.5 Å². The molecule has 4 nitrogen and oxygen atoms in total. The lowest BCUT2D eigenvalue weighted by Crippen LogP contribution is -2.38. The van der Waals surface area contributed by atoms with Crippen LogP contribution in [-0.2, 0) is 0 Å². The van der Waals surface area contributed by atoms with Gasteiger partial charge in [0.05, 0.1) is 7.11 Å². The normalized spacial score (nSPS) is 12.3. The minimum atomic E-state index is -0.103. The smallest absolute Gasteiger partial charge is 0.253 e. The number of aromatic hydroxyl groups is 1. The predicted molar refractivity (Wildman–Crippen MR) is 71.1 cm³/mol. The zero-order valence-electron chi connectivity index (χ0n) is 11.6. The number of phenolic OH excluding ortho intramolecular Hbond substituents is 1. The van der Waals surface area contributed by atoms with E-state index in [2.05, 4.69) is 13.8 Å². The number of carbonyl (C=O) groups is 1. The summed E-state index contributed by atoms with van der Waals surface area (Å²) in [5.41, 5.74) is 0.461. The van der Waals surface area contributed by atoms with Crippen LogP contribution in [0.15, 0.2) is 18.2 Å². The van der Waals surface area contributed by atoms with Crippen molar-refractivity contribution in [3.63, 3.8) is 0 Å². The number of nitrogens with zero attached hydrogens (tertiary/aromatic N) is 1. The first-order chi connectivity index (χ1) is 8.38.